The summed E-state index contributed by atoms with van der Waals surface area (Å²) in [4.78, 5) is 29.4. The Labute approximate surface area is 135 Å². The van der Waals surface area contributed by atoms with E-state index in [9.17, 15) is 18.0 Å². The number of carbonyl (C=O) groups excluding carboxylic acids is 2. The fourth-order valence-electron chi connectivity index (χ4n) is 2.38. The lowest BCUT2D eigenvalue weighted by atomic mass is 10.2. The highest BCUT2D eigenvalue weighted by Gasteiger charge is 2.29. The van der Waals surface area contributed by atoms with Gasteiger partial charge in [-0.05, 0) is 0 Å². The van der Waals surface area contributed by atoms with E-state index in [0.29, 0.717) is 18.7 Å². The maximum absolute atomic E-state index is 12.2. The monoisotopic (exact) mass is 343 g/mol. The molecular formula is C13H21N5O4S. The van der Waals surface area contributed by atoms with Gasteiger partial charge in [0, 0.05) is 39.8 Å². The first-order valence-electron chi connectivity index (χ1n) is 7.09. The van der Waals surface area contributed by atoms with Crippen molar-refractivity contribution < 1.29 is 18.0 Å². The number of hydrogen-bond acceptors (Lipinski definition) is 5. The summed E-state index contributed by atoms with van der Waals surface area (Å²) in [6.07, 6.45) is 1.65. The van der Waals surface area contributed by atoms with Gasteiger partial charge in [0.2, 0.25) is 15.9 Å². The Morgan fingerprint density at radius 3 is 2.57 bits per heavy atom. The molecule has 1 aromatic heterocycles. The van der Waals surface area contributed by atoms with E-state index in [1.807, 2.05) is 0 Å². The van der Waals surface area contributed by atoms with Crippen LogP contribution < -0.4 is 5.32 Å². The second kappa shape index (κ2) is 6.28. The van der Waals surface area contributed by atoms with E-state index in [0.717, 1.165) is 11.9 Å². The summed E-state index contributed by atoms with van der Waals surface area (Å²) in [5.74, 6) is -0.500. The van der Waals surface area contributed by atoms with E-state index in [1.165, 1.54) is 9.21 Å². The van der Waals surface area contributed by atoms with Gasteiger partial charge in [-0.1, -0.05) is 0 Å². The predicted molar refractivity (Wildman–Crippen MR) is 83.2 cm³/mol. The van der Waals surface area contributed by atoms with Crippen LogP contribution in [-0.2, 0) is 34.8 Å². The number of carbonyl (C=O) groups is 2. The number of aromatic nitrogens is 2. The van der Waals surface area contributed by atoms with Crippen LogP contribution in [-0.4, -0.2) is 72.4 Å². The number of rotatable bonds is 4. The van der Waals surface area contributed by atoms with Crippen molar-refractivity contribution in [3.05, 3.63) is 17.2 Å². The average Bonchev–Trinajstić information content (AvgIpc) is 2.80. The summed E-state index contributed by atoms with van der Waals surface area (Å²) in [6, 6.07) is 0. The molecule has 0 saturated carbocycles. The fraction of sp³-hybridized carbons (Fsp3) is 0.615. The molecule has 1 aliphatic heterocycles. The Hall–Kier alpha value is -1.94. The molecule has 0 spiro atoms. The minimum atomic E-state index is -3.29. The van der Waals surface area contributed by atoms with Gasteiger partial charge in [0.15, 0.2) is 5.82 Å². The van der Waals surface area contributed by atoms with Gasteiger partial charge in [0.25, 0.3) is 5.91 Å². The maximum atomic E-state index is 12.2. The van der Waals surface area contributed by atoms with Gasteiger partial charge in [0.1, 0.15) is 0 Å². The Morgan fingerprint density at radius 1 is 1.35 bits per heavy atom. The van der Waals surface area contributed by atoms with Gasteiger partial charge in [-0.15, -0.1) is 0 Å². The minimum absolute atomic E-state index is 0.112. The molecule has 2 heterocycles. The number of hydrogen-bond donors (Lipinski definition) is 1. The van der Waals surface area contributed by atoms with Gasteiger partial charge >= 0.3 is 0 Å². The van der Waals surface area contributed by atoms with Crippen molar-refractivity contribution in [3.8, 4) is 0 Å². The number of sulfonamides is 1. The van der Waals surface area contributed by atoms with E-state index in [-0.39, 0.29) is 24.8 Å². The summed E-state index contributed by atoms with van der Waals surface area (Å²) in [5.41, 5.74) is 1.42. The summed E-state index contributed by atoms with van der Waals surface area (Å²) >= 11 is 0. The van der Waals surface area contributed by atoms with Crippen LogP contribution in [0.1, 0.15) is 22.0 Å². The van der Waals surface area contributed by atoms with Crippen LogP contribution >= 0.6 is 0 Å². The Bertz CT molecular complexity index is 738. The van der Waals surface area contributed by atoms with Crippen LogP contribution in [0.5, 0.6) is 0 Å². The molecule has 1 N–H and O–H groups in total. The molecule has 0 bridgehead atoms. The maximum Gasteiger partial charge on any atom is 0.287 e. The third-order valence-corrected chi connectivity index (χ3v) is 5.04. The first kappa shape index (κ1) is 17.4. The molecule has 0 unspecified atom stereocenters. The number of amides is 2. The summed E-state index contributed by atoms with van der Waals surface area (Å²) in [6.45, 7) is 0.413. The topological polar surface area (TPSA) is 105 Å². The van der Waals surface area contributed by atoms with E-state index in [1.54, 1.807) is 25.7 Å². The second-order valence-electron chi connectivity index (χ2n) is 5.71. The highest BCUT2D eigenvalue weighted by Crippen LogP contribution is 2.21. The van der Waals surface area contributed by atoms with Crippen molar-refractivity contribution in [2.75, 3.05) is 33.4 Å². The third-order valence-electron chi connectivity index (χ3n) is 3.79. The summed E-state index contributed by atoms with van der Waals surface area (Å²) < 4.78 is 26.3. The van der Waals surface area contributed by atoms with Crippen LogP contribution in [0.2, 0.25) is 0 Å². The Kier molecular flexibility index (Phi) is 4.76. The molecule has 0 aromatic carbocycles. The van der Waals surface area contributed by atoms with Gasteiger partial charge in [-0.2, -0.15) is 4.31 Å². The third kappa shape index (κ3) is 3.70. The Balaban J connectivity index is 2.16. The molecule has 1 aliphatic rings. The van der Waals surface area contributed by atoms with Crippen molar-refractivity contribution in [2.24, 2.45) is 7.05 Å². The van der Waals surface area contributed by atoms with Crippen molar-refractivity contribution in [2.45, 2.75) is 13.0 Å². The zero-order valence-corrected chi connectivity index (χ0v) is 14.5. The van der Waals surface area contributed by atoms with Crippen molar-refractivity contribution in [1.29, 1.82) is 0 Å². The van der Waals surface area contributed by atoms with E-state index in [4.69, 9.17) is 0 Å². The molecule has 1 aromatic rings. The van der Waals surface area contributed by atoms with Gasteiger partial charge in [-0.3, -0.25) is 9.59 Å². The van der Waals surface area contributed by atoms with E-state index < -0.39 is 15.9 Å². The smallest absolute Gasteiger partial charge is 0.287 e. The zero-order chi connectivity index (χ0) is 17.4. The van der Waals surface area contributed by atoms with Crippen molar-refractivity contribution in [3.63, 3.8) is 0 Å². The molecular weight excluding hydrogens is 322 g/mol. The summed E-state index contributed by atoms with van der Waals surface area (Å²) in [7, 11) is 1.63. The Morgan fingerprint density at radius 2 is 2.00 bits per heavy atom. The average molecular weight is 343 g/mol. The number of fused-ring (bicyclic) bond motifs is 1. The first-order chi connectivity index (χ1) is 10.6. The molecule has 0 aliphatic carbocycles. The van der Waals surface area contributed by atoms with Crippen molar-refractivity contribution >= 4 is 21.8 Å². The lowest BCUT2D eigenvalue weighted by Gasteiger charge is -2.24. The van der Waals surface area contributed by atoms with E-state index in [2.05, 4.69) is 10.3 Å². The molecule has 0 fully saturated rings. The molecule has 9 nitrogen and oxygen atoms in total. The predicted octanol–water partition coefficient (Wildman–Crippen LogP) is -1.44. The van der Waals surface area contributed by atoms with Gasteiger partial charge in [-0.25, -0.2) is 13.4 Å². The zero-order valence-electron chi connectivity index (χ0n) is 13.7. The van der Waals surface area contributed by atoms with Crippen molar-refractivity contribution in [1.82, 2.24) is 24.1 Å². The van der Waals surface area contributed by atoms with E-state index >= 15 is 0 Å². The van der Waals surface area contributed by atoms with Gasteiger partial charge in [0.05, 0.1) is 25.0 Å². The molecule has 0 radical (unpaired) electrons. The lowest BCUT2D eigenvalue weighted by molar-refractivity contribution is -0.127. The van der Waals surface area contributed by atoms with Crippen LogP contribution in [0.15, 0.2) is 0 Å². The molecule has 0 atom stereocenters. The van der Waals surface area contributed by atoms with Crippen LogP contribution in [0.3, 0.4) is 0 Å². The second-order valence-corrected chi connectivity index (χ2v) is 7.69. The molecule has 2 amide bonds. The SMILES string of the molecule is CN(C)C(=O)CNC(=O)c1nc2c(n1C)CCN(S(C)(=O)=O)C2. The number of likely N-dealkylation sites (N-methyl/N-ethyl adjacent to an activating group) is 1. The minimum Gasteiger partial charge on any atom is -0.347 e. The summed E-state index contributed by atoms with van der Waals surface area (Å²) in [5, 5.41) is 2.53. The highest BCUT2D eigenvalue weighted by atomic mass is 32.2. The molecule has 10 heteroatoms. The van der Waals surface area contributed by atoms with Crippen LogP contribution in [0.25, 0.3) is 0 Å². The normalized spacial score (nSPS) is 15.1. The highest BCUT2D eigenvalue weighted by molar-refractivity contribution is 7.88. The quantitative estimate of drug-likeness (QED) is 0.721. The lowest BCUT2D eigenvalue weighted by Crippen LogP contribution is -2.37. The fourth-order valence-corrected chi connectivity index (χ4v) is 3.16. The molecule has 23 heavy (non-hydrogen) atoms. The number of imidazole rings is 1. The van der Waals surface area contributed by atoms with Crippen LogP contribution in [0, 0.1) is 0 Å². The standard InChI is InChI=1S/C13H21N5O4S/c1-16(2)11(19)7-14-13(20)12-15-9-8-18(23(4,21)22)6-5-10(9)17(12)3/h5-8H2,1-4H3,(H,14,20). The molecule has 2 rings (SSSR count). The van der Waals surface area contributed by atoms with Crippen LogP contribution in [0.4, 0.5) is 0 Å². The largest absolute Gasteiger partial charge is 0.347 e. The van der Waals surface area contributed by atoms with Gasteiger partial charge < -0.3 is 14.8 Å². The number of nitrogens with zero attached hydrogens (tertiary/aromatic N) is 4. The first-order valence-corrected chi connectivity index (χ1v) is 8.94. The number of nitrogens with one attached hydrogen (secondary N) is 1. The molecule has 128 valence electrons. The molecule has 0 saturated heterocycles.